The van der Waals surface area contributed by atoms with Gasteiger partial charge in [0.2, 0.25) is 5.88 Å². The first-order valence-electron chi connectivity index (χ1n) is 11.0. The first-order chi connectivity index (χ1) is 15.9. The zero-order valence-corrected chi connectivity index (χ0v) is 18.1. The molecule has 170 valence electrons. The Morgan fingerprint density at radius 1 is 1.18 bits per heavy atom. The van der Waals surface area contributed by atoms with Crippen molar-refractivity contribution in [3.63, 3.8) is 0 Å². The summed E-state index contributed by atoms with van der Waals surface area (Å²) in [6.07, 6.45) is 4.81. The van der Waals surface area contributed by atoms with Crippen LogP contribution in [-0.4, -0.2) is 26.6 Å². The lowest BCUT2D eigenvalue weighted by Crippen LogP contribution is -2.52. The average Bonchev–Trinajstić information content (AvgIpc) is 3.32. The summed E-state index contributed by atoms with van der Waals surface area (Å²) in [6.45, 7) is 3.22. The molecule has 2 bridgehead atoms. The van der Waals surface area contributed by atoms with E-state index in [2.05, 4.69) is 14.9 Å². The summed E-state index contributed by atoms with van der Waals surface area (Å²) < 4.78 is 41.9. The molecule has 33 heavy (non-hydrogen) atoms. The molecule has 0 N–H and O–H groups in total. The molecule has 3 aromatic rings. The van der Waals surface area contributed by atoms with Crippen LogP contribution >= 0.6 is 0 Å². The predicted octanol–water partition coefficient (Wildman–Crippen LogP) is 3.97. The number of nitrogens with zero attached hydrogens (tertiary/aromatic N) is 4. The lowest BCUT2D eigenvalue weighted by molar-refractivity contribution is 0.204. The van der Waals surface area contributed by atoms with Crippen molar-refractivity contribution in [3.05, 3.63) is 69.9 Å². The van der Waals surface area contributed by atoms with Gasteiger partial charge in [0.25, 0.3) is 0 Å². The topological polar surface area (TPSA) is 69.5 Å². The number of ether oxygens (including phenoxy) is 2. The zero-order chi connectivity index (χ0) is 22.7. The van der Waals surface area contributed by atoms with Gasteiger partial charge < -0.3 is 14.4 Å². The number of aromatic nitrogens is 3. The van der Waals surface area contributed by atoms with Crippen LogP contribution in [0.25, 0.3) is 0 Å². The summed E-state index contributed by atoms with van der Waals surface area (Å²) in [5, 5.41) is 0. The summed E-state index contributed by atoms with van der Waals surface area (Å²) in [4.78, 5) is 22.9. The van der Waals surface area contributed by atoms with Crippen molar-refractivity contribution in [2.45, 2.75) is 44.9 Å². The fraction of sp³-hybridized carbons (Fsp3) is 0.375. The standard InChI is InChI=1S/C24H22F2N4O3/c1-14-6-17(2-4-27-14)33-22-18(25)7-15(8-19(22)26)13-32-20-9-21-29(23(31)28-20)5-3-24-10-16(11-24)12-30(21)24/h2,4,6-9,16H,3,5,10-13H2,1H3. The number of fused-ring (bicyclic) bond motifs is 1. The average molecular weight is 452 g/mol. The van der Waals surface area contributed by atoms with Gasteiger partial charge in [0.1, 0.15) is 18.2 Å². The van der Waals surface area contributed by atoms with E-state index in [1.807, 2.05) is 0 Å². The number of hydrogen-bond acceptors (Lipinski definition) is 6. The highest BCUT2D eigenvalue weighted by molar-refractivity contribution is 5.52. The maximum Gasteiger partial charge on any atom is 0.352 e. The Morgan fingerprint density at radius 2 is 1.97 bits per heavy atom. The summed E-state index contributed by atoms with van der Waals surface area (Å²) in [5.74, 6) is -0.230. The third-order valence-corrected chi connectivity index (χ3v) is 6.93. The van der Waals surface area contributed by atoms with E-state index in [0.29, 0.717) is 23.9 Å². The number of benzene rings is 1. The SMILES string of the molecule is Cc1cc(Oc2c(F)cc(COc3cc4n(c(=O)n3)CCC35CC(CN43)C5)cc2F)ccn1. The Hall–Kier alpha value is -3.49. The molecular weight excluding hydrogens is 430 g/mol. The van der Waals surface area contributed by atoms with Crippen LogP contribution in [0.2, 0.25) is 0 Å². The predicted molar refractivity (Wildman–Crippen MR) is 116 cm³/mol. The molecule has 0 radical (unpaired) electrons. The van der Waals surface area contributed by atoms with E-state index in [9.17, 15) is 13.6 Å². The smallest absolute Gasteiger partial charge is 0.352 e. The van der Waals surface area contributed by atoms with Gasteiger partial charge >= 0.3 is 5.69 Å². The molecule has 1 spiro atoms. The van der Waals surface area contributed by atoms with E-state index >= 15 is 0 Å². The van der Waals surface area contributed by atoms with Gasteiger partial charge in [-0.3, -0.25) is 9.55 Å². The van der Waals surface area contributed by atoms with Gasteiger partial charge in [-0.05, 0) is 55.9 Å². The van der Waals surface area contributed by atoms with E-state index in [1.165, 1.54) is 25.1 Å². The third-order valence-electron chi connectivity index (χ3n) is 6.93. The third kappa shape index (κ3) is 3.34. The van der Waals surface area contributed by atoms with Gasteiger partial charge in [-0.1, -0.05) is 0 Å². The van der Waals surface area contributed by atoms with E-state index in [4.69, 9.17) is 9.47 Å². The summed E-state index contributed by atoms with van der Waals surface area (Å²) in [5.41, 5.74) is 0.743. The minimum Gasteiger partial charge on any atom is -0.473 e. The minimum atomic E-state index is -0.847. The van der Waals surface area contributed by atoms with Crippen molar-refractivity contribution in [1.82, 2.24) is 14.5 Å². The number of anilines is 1. The molecule has 7 nitrogen and oxygen atoms in total. The minimum absolute atomic E-state index is 0.133. The van der Waals surface area contributed by atoms with E-state index < -0.39 is 17.4 Å². The molecule has 0 unspecified atom stereocenters. The molecule has 2 saturated heterocycles. The zero-order valence-electron chi connectivity index (χ0n) is 18.1. The van der Waals surface area contributed by atoms with Crippen LogP contribution in [0.1, 0.15) is 30.5 Å². The number of rotatable bonds is 5. The molecule has 0 amide bonds. The van der Waals surface area contributed by atoms with Crippen molar-refractivity contribution < 1.29 is 18.3 Å². The molecule has 4 aliphatic rings. The van der Waals surface area contributed by atoms with Gasteiger partial charge in [-0.25, -0.2) is 13.6 Å². The maximum absolute atomic E-state index is 14.6. The highest BCUT2D eigenvalue weighted by atomic mass is 19.1. The van der Waals surface area contributed by atoms with Crippen LogP contribution in [0.5, 0.6) is 17.4 Å². The van der Waals surface area contributed by atoms with Crippen molar-refractivity contribution in [1.29, 1.82) is 0 Å². The Labute approximate surface area is 188 Å². The van der Waals surface area contributed by atoms with Crippen molar-refractivity contribution in [2.75, 3.05) is 11.4 Å². The van der Waals surface area contributed by atoms with Crippen LogP contribution in [0.4, 0.5) is 14.6 Å². The van der Waals surface area contributed by atoms with Crippen molar-refractivity contribution >= 4 is 5.82 Å². The molecule has 1 aliphatic carbocycles. The second kappa shape index (κ2) is 7.26. The van der Waals surface area contributed by atoms with Gasteiger partial charge in [0, 0.05) is 42.7 Å². The Kier molecular flexibility index (Phi) is 4.43. The number of aryl methyl sites for hydroxylation is 1. The maximum atomic E-state index is 14.6. The lowest BCUT2D eigenvalue weighted by atomic mass is 9.71. The monoisotopic (exact) mass is 452 g/mol. The second-order valence-electron chi connectivity index (χ2n) is 9.16. The molecule has 1 saturated carbocycles. The summed E-state index contributed by atoms with van der Waals surface area (Å²) >= 11 is 0. The summed E-state index contributed by atoms with van der Waals surface area (Å²) in [7, 11) is 0. The molecule has 5 heterocycles. The molecule has 1 aromatic carbocycles. The molecule has 7 rings (SSSR count). The fourth-order valence-electron chi connectivity index (χ4n) is 5.44. The van der Waals surface area contributed by atoms with Crippen LogP contribution in [0.3, 0.4) is 0 Å². The molecule has 3 aliphatic heterocycles. The summed E-state index contributed by atoms with van der Waals surface area (Å²) in [6, 6.07) is 7.19. The molecule has 2 aromatic heterocycles. The van der Waals surface area contributed by atoms with Gasteiger partial charge in [0.05, 0.1) is 0 Å². The van der Waals surface area contributed by atoms with Crippen LogP contribution < -0.4 is 20.1 Å². The second-order valence-corrected chi connectivity index (χ2v) is 9.16. The fourth-order valence-corrected chi connectivity index (χ4v) is 5.44. The molecule has 0 atom stereocenters. The molecule has 9 heteroatoms. The largest absolute Gasteiger partial charge is 0.473 e. The van der Waals surface area contributed by atoms with E-state index in [1.54, 1.807) is 23.6 Å². The van der Waals surface area contributed by atoms with Crippen LogP contribution in [0.15, 0.2) is 41.3 Å². The van der Waals surface area contributed by atoms with Crippen molar-refractivity contribution in [3.8, 4) is 17.4 Å². The van der Waals surface area contributed by atoms with Crippen molar-refractivity contribution in [2.24, 2.45) is 5.92 Å². The van der Waals surface area contributed by atoms with Crippen LogP contribution in [-0.2, 0) is 13.2 Å². The van der Waals surface area contributed by atoms with E-state index in [0.717, 1.165) is 30.9 Å². The number of hydrogen-bond donors (Lipinski definition) is 0. The first-order valence-corrected chi connectivity index (χ1v) is 11.0. The Morgan fingerprint density at radius 3 is 2.73 bits per heavy atom. The Balaban J connectivity index is 1.21. The van der Waals surface area contributed by atoms with Gasteiger partial charge in [-0.15, -0.1) is 0 Å². The highest BCUT2D eigenvalue weighted by Gasteiger charge is 2.57. The highest BCUT2D eigenvalue weighted by Crippen LogP contribution is 2.56. The van der Waals surface area contributed by atoms with Gasteiger partial charge in [-0.2, -0.15) is 4.98 Å². The number of halogens is 2. The molecule has 3 fully saturated rings. The van der Waals surface area contributed by atoms with Crippen LogP contribution in [0, 0.1) is 24.5 Å². The lowest BCUT2D eigenvalue weighted by Gasteiger charge is -2.46. The number of pyridine rings is 1. The Bertz CT molecular complexity index is 1300. The van der Waals surface area contributed by atoms with E-state index in [-0.39, 0.29) is 29.3 Å². The quantitative estimate of drug-likeness (QED) is 0.584. The normalized spacial score (nSPS) is 22.4. The van der Waals surface area contributed by atoms with Gasteiger partial charge in [0.15, 0.2) is 17.4 Å². The first kappa shape index (κ1) is 20.1. The molecular formula is C24H22F2N4O3.